The monoisotopic (exact) mass is 250 g/mol. The van der Waals surface area contributed by atoms with E-state index in [-0.39, 0.29) is 6.54 Å². The lowest BCUT2D eigenvalue weighted by Crippen LogP contribution is -2.38. The van der Waals surface area contributed by atoms with E-state index in [0.717, 1.165) is 4.90 Å². The second-order valence-electron chi connectivity index (χ2n) is 3.48. The number of carbonyl (C=O) groups excluding carboxylic acids is 1. The average molecular weight is 250 g/mol. The summed E-state index contributed by atoms with van der Waals surface area (Å²) in [6.45, 7) is -1.25. The third-order valence-electron chi connectivity index (χ3n) is 2.29. The summed E-state index contributed by atoms with van der Waals surface area (Å²) in [6, 6.07) is 1.71. The average Bonchev–Trinajstić information content (AvgIpc) is 2.75. The van der Waals surface area contributed by atoms with Crippen LogP contribution in [0.2, 0.25) is 0 Å². The van der Waals surface area contributed by atoms with Crippen molar-refractivity contribution in [2.75, 3.05) is 13.1 Å². The topological polar surface area (TPSA) is 32.3 Å². The van der Waals surface area contributed by atoms with E-state index in [9.17, 15) is 18.0 Å². The highest BCUT2D eigenvalue weighted by atomic mass is 32.1. The molecule has 2 heterocycles. The van der Waals surface area contributed by atoms with Crippen LogP contribution in [0, 0.1) is 0 Å². The van der Waals surface area contributed by atoms with Crippen molar-refractivity contribution in [2.45, 2.75) is 12.3 Å². The molecule has 2 rings (SSSR count). The fraction of sp³-hybridized carbons (Fsp3) is 0.444. The Bertz CT molecular complexity index is 377. The molecule has 0 aliphatic carbocycles. The molecule has 1 aliphatic rings. The van der Waals surface area contributed by atoms with Gasteiger partial charge in [-0.3, -0.25) is 10.1 Å². The van der Waals surface area contributed by atoms with Crippen molar-refractivity contribution in [1.82, 2.24) is 10.2 Å². The number of hydrogen-bond donors (Lipinski definition) is 1. The summed E-state index contributed by atoms with van der Waals surface area (Å²) in [7, 11) is 0. The largest absolute Gasteiger partial charge is 0.406 e. The van der Waals surface area contributed by atoms with E-state index >= 15 is 0 Å². The first-order chi connectivity index (χ1) is 7.47. The molecule has 16 heavy (non-hydrogen) atoms. The fourth-order valence-corrected chi connectivity index (χ4v) is 2.32. The van der Waals surface area contributed by atoms with Crippen LogP contribution in [0.1, 0.15) is 11.7 Å². The second-order valence-corrected chi connectivity index (χ2v) is 4.26. The van der Waals surface area contributed by atoms with E-state index < -0.39 is 24.8 Å². The molecule has 1 N–H and O–H groups in total. The standard InChI is InChI=1S/C9H9F3N2OS/c10-9(11,12)5-14-7(15)3-13-8(14)6-1-2-16-4-6/h1-2,4,8,13H,3,5H2. The number of hydrogen-bond acceptors (Lipinski definition) is 3. The van der Waals surface area contributed by atoms with Crippen molar-refractivity contribution in [3.05, 3.63) is 22.4 Å². The Kier molecular flexibility index (Phi) is 2.90. The first kappa shape index (κ1) is 11.4. The number of halogens is 3. The molecule has 1 saturated heterocycles. The molecule has 1 fully saturated rings. The van der Waals surface area contributed by atoms with E-state index in [1.807, 2.05) is 0 Å². The van der Waals surface area contributed by atoms with Crippen LogP contribution < -0.4 is 5.32 Å². The molecule has 0 aromatic carbocycles. The molecule has 1 aromatic rings. The van der Waals surface area contributed by atoms with Gasteiger partial charge >= 0.3 is 6.18 Å². The number of nitrogens with one attached hydrogen (secondary N) is 1. The van der Waals surface area contributed by atoms with E-state index in [4.69, 9.17) is 0 Å². The maximum Gasteiger partial charge on any atom is 0.406 e. The Hall–Kier alpha value is -1.08. The zero-order valence-corrected chi connectivity index (χ0v) is 8.94. The van der Waals surface area contributed by atoms with E-state index in [1.165, 1.54) is 11.3 Å². The number of rotatable bonds is 2. The molecule has 0 saturated carbocycles. The first-order valence-corrected chi connectivity index (χ1v) is 5.53. The van der Waals surface area contributed by atoms with Gasteiger partial charge in [0.05, 0.1) is 6.54 Å². The number of nitrogens with zero attached hydrogens (tertiary/aromatic N) is 1. The highest BCUT2D eigenvalue weighted by Crippen LogP contribution is 2.28. The van der Waals surface area contributed by atoms with Gasteiger partial charge in [-0.15, -0.1) is 0 Å². The molecular formula is C9H9F3N2OS. The normalized spacial score (nSPS) is 21.8. The molecular weight excluding hydrogens is 241 g/mol. The van der Waals surface area contributed by atoms with Crippen LogP contribution in [0.25, 0.3) is 0 Å². The van der Waals surface area contributed by atoms with Crippen molar-refractivity contribution >= 4 is 17.2 Å². The van der Waals surface area contributed by atoms with E-state index in [1.54, 1.807) is 16.8 Å². The Morgan fingerprint density at radius 3 is 2.88 bits per heavy atom. The molecule has 3 nitrogen and oxygen atoms in total. The zero-order chi connectivity index (χ0) is 11.8. The molecule has 1 atom stereocenters. The van der Waals surface area contributed by atoms with E-state index in [2.05, 4.69) is 5.32 Å². The van der Waals surface area contributed by atoms with Crippen LogP contribution >= 0.6 is 11.3 Å². The number of thiophene rings is 1. The van der Waals surface area contributed by atoms with Gasteiger partial charge in [-0.25, -0.2) is 0 Å². The van der Waals surface area contributed by atoms with Crippen molar-refractivity contribution in [2.24, 2.45) is 0 Å². The third-order valence-corrected chi connectivity index (χ3v) is 2.99. The van der Waals surface area contributed by atoms with Gasteiger partial charge in [-0.2, -0.15) is 24.5 Å². The summed E-state index contributed by atoms with van der Waals surface area (Å²) in [4.78, 5) is 12.1. The van der Waals surface area contributed by atoms with Crippen LogP contribution in [-0.2, 0) is 4.79 Å². The molecule has 0 bridgehead atoms. The SMILES string of the molecule is O=C1CNC(c2ccsc2)N1CC(F)(F)F. The van der Waals surface area contributed by atoms with Crippen LogP contribution in [0.4, 0.5) is 13.2 Å². The highest BCUT2D eigenvalue weighted by Gasteiger charge is 2.40. The minimum Gasteiger partial charge on any atom is -0.313 e. The quantitative estimate of drug-likeness (QED) is 0.867. The highest BCUT2D eigenvalue weighted by molar-refractivity contribution is 7.07. The molecule has 7 heteroatoms. The lowest BCUT2D eigenvalue weighted by molar-refractivity contribution is -0.161. The number of amides is 1. The Labute approximate surface area is 93.9 Å². The zero-order valence-electron chi connectivity index (χ0n) is 8.12. The third kappa shape index (κ3) is 2.35. The van der Waals surface area contributed by atoms with Gasteiger partial charge in [-0.05, 0) is 22.4 Å². The molecule has 1 amide bonds. The van der Waals surface area contributed by atoms with Crippen LogP contribution in [0.15, 0.2) is 16.8 Å². The lowest BCUT2D eigenvalue weighted by atomic mass is 10.2. The predicted molar refractivity (Wildman–Crippen MR) is 52.8 cm³/mol. The van der Waals surface area contributed by atoms with Gasteiger partial charge in [0.2, 0.25) is 5.91 Å². The van der Waals surface area contributed by atoms with Crippen molar-refractivity contribution in [1.29, 1.82) is 0 Å². The molecule has 88 valence electrons. The van der Waals surface area contributed by atoms with Crippen molar-refractivity contribution < 1.29 is 18.0 Å². The Morgan fingerprint density at radius 2 is 2.31 bits per heavy atom. The van der Waals surface area contributed by atoms with Gasteiger partial charge < -0.3 is 4.90 Å². The van der Waals surface area contributed by atoms with Crippen molar-refractivity contribution in [3.63, 3.8) is 0 Å². The second kappa shape index (κ2) is 4.06. The molecule has 0 spiro atoms. The van der Waals surface area contributed by atoms with Gasteiger partial charge in [0.25, 0.3) is 0 Å². The minimum absolute atomic E-state index is 0.0450. The molecule has 1 aliphatic heterocycles. The summed E-state index contributed by atoms with van der Waals surface area (Å²) in [5.74, 6) is -0.520. The predicted octanol–water partition coefficient (Wildman–Crippen LogP) is 1.74. The number of carbonyl (C=O) groups is 1. The molecule has 1 aromatic heterocycles. The molecule has 1 unspecified atom stereocenters. The lowest BCUT2D eigenvalue weighted by Gasteiger charge is -2.24. The van der Waals surface area contributed by atoms with Gasteiger partial charge in [-0.1, -0.05) is 0 Å². The minimum atomic E-state index is -4.37. The molecule has 0 radical (unpaired) electrons. The van der Waals surface area contributed by atoms with E-state index in [0.29, 0.717) is 5.56 Å². The summed E-state index contributed by atoms with van der Waals surface area (Å²) in [5.41, 5.74) is 0.695. The van der Waals surface area contributed by atoms with Crippen LogP contribution in [0.3, 0.4) is 0 Å². The Morgan fingerprint density at radius 1 is 1.56 bits per heavy atom. The summed E-state index contributed by atoms with van der Waals surface area (Å²) >= 11 is 1.39. The maximum absolute atomic E-state index is 12.3. The van der Waals surface area contributed by atoms with Crippen molar-refractivity contribution in [3.8, 4) is 0 Å². The fourth-order valence-electron chi connectivity index (χ4n) is 1.64. The smallest absolute Gasteiger partial charge is 0.313 e. The number of alkyl halides is 3. The maximum atomic E-state index is 12.3. The van der Waals surface area contributed by atoms with Gasteiger partial charge in [0.1, 0.15) is 12.7 Å². The van der Waals surface area contributed by atoms with Gasteiger partial charge in [0, 0.05) is 0 Å². The summed E-state index contributed by atoms with van der Waals surface area (Å²) < 4.78 is 36.8. The van der Waals surface area contributed by atoms with Crippen LogP contribution in [-0.4, -0.2) is 30.1 Å². The van der Waals surface area contributed by atoms with Gasteiger partial charge in [0.15, 0.2) is 0 Å². The Balaban J connectivity index is 2.17. The van der Waals surface area contributed by atoms with Crippen LogP contribution in [0.5, 0.6) is 0 Å². The first-order valence-electron chi connectivity index (χ1n) is 4.59. The summed E-state index contributed by atoms with van der Waals surface area (Å²) in [5, 5.41) is 6.27. The summed E-state index contributed by atoms with van der Waals surface area (Å²) in [6.07, 6.45) is -5.02.